The molecule has 0 saturated heterocycles. The maximum absolute atomic E-state index is 12.2. The summed E-state index contributed by atoms with van der Waals surface area (Å²) < 4.78 is 21.3. The first kappa shape index (κ1) is 21.0. The fourth-order valence-electron chi connectivity index (χ4n) is 2.58. The number of rotatable bonds is 9. The van der Waals surface area contributed by atoms with Gasteiger partial charge in [0, 0.05) is 6.54 Å². The van der Waals surface area contributed by atoms with Crippen LogP contribution >= 0.6 is 0 Å². The molecule has 2 aromatic carbocycles. The lowest BCUT2D eigenvalue weighted by Gasteiger charge is -2.13. The van der Waals surface area contributed by atoms with Crippen molar-refractivity contribution in [2.45, 2.75) is 26.2 Å². The summed E-state index contributed by atoms with van der Waals surface area (Å²) in [5.74, 6) is 0.796. The van der Waals surface area contributed by atoms with Crippen molar-refractivity contribution in [2.24, 2.45) is 0 Å². The Kier molecular flexibility index (Phi) is 7.10. The van der Waals surface area contributed by atoms with Crippen molar-refractivity contribution in [3.05, 3.63) is 83.8 Å². The molecule has 0 spiro atoms. The van der Waals surface area contributed by atoms with Crippen LogP contribution in [0, 0.1) is 0 Å². The van der Waals surface area contributed by atoms with Gasteiger partial charge in [0.2, 0.25) is 5.76 Å². The number of methoxy groups -OCH3 is 1. The molecule has 0 radical (unpaired) electrons. The van der Waals surface area contributed by atoms with Gasteiger partial charge in [-0.15, -0.1) is 0 Å². The highest BCUT2D eigenvalue weighted by atomic mass is 16.6. The number of furan rings is 1. The third-order valence-electron chi connectivity index (χ3n) is 4.27. The quantitative estimate of drug-likeness (QED) is 0.542. The fraction of sp³-hybridized carbons (Fsp3) is 0.217. The molecule has 7 heteroatoms. The number of carbonyl (C=O) groups excluding carboxylic acids is 2. The third-order valence-corrected chi connectivity index (χ3v) is 4.27. The predicted molar refractivity (Wildman–Crippen MR) is 109 cm³/mol. The Balaban J connectivity index is 1.46. The molecule has 156 valence electrons. The summed E-state index contributed by atoms with van der Waals surface area (Å²) in [7, 11) is 1.59. The number of carbonyl (C=O) groups is 2. The second-order valence-electron chi connectivity index (χ2n) is 6.48. The first-order valence-electron chi connectivity index (χ1n) is 9.43. The zero-order valence-corrected chi connectivity index (χ0v) is 16.8. The Morgan fingerprint density at radius 1 is 0.967 bits per heavy atom. The maximum atomic E-state index is 12.2. The number of hydrogen-bond donors (Lipinski definition) is 1. The summed E-state index contributed by atoms with van der Waals surface area (Å²) in [5, 5.41) is 2.73. The van der Waals surface area contributed by atoms with Crippen molar-refractivity contribution < 1.29 is 28.2 Å². The van der Waals surface area contributed by atoms with Crippen LogP contribution < -0.4 is 14.8 Å². The molecule has 0 aliphatic heterocycles. The van der Waals surface area contributed by atoms with E-state index in [1.54, 1.807) is 25.3 Å². The van der Waals surface area contributed by atoms with E-state index in [2.05, 4.69) is 5.32 Å². The zero-order chi connectivity index (χ0) is 21.3. The Labute approximate surface area is 174 Å². The van der Waals surface area contributed by atoms with Crippen molar-refractivity contribution in [1.29, 1.82) is 0 Å². The van der Waals surface area contributed by atoms with Crippen LogP contribution in [0.1, 0.15) is 28.8 Å². The van der Waals surface area contributed by atoms with Crippen LogP contribution in [0.15, 0.2) is 71.1 Å². The van der Waals surface area contributed by atoms with Gasteiger partial charge in [0.1, 0.15) is 23.9 Å². The Hall–Kier alpha value is -3.74. The Morgan fingerprint density at radius 3 is 2.40 bits per heavy atom. The lowest BCUT2D eigenvalue weighted by molar-refractivity contribution is -0.129. The predicted octanol–water partition coefficient (Wildman–Crippen LogP) is 3.73. The van der Waals surface area contributed by atoms with Crippen LogP contribution in [0.25, 0.3) is 0 Å². The molecule has 0 aliphatic carbocycles. The number of para-hydroxylation sites is 1. The van der Waals surface area contributed by atoms with Gasteiger partial charge >= 0.3 is 5.97 Å². The average molecular weight is 409 g/mol. The van der Waals surface area contributed by atoms with Gasteiger partial charge in [0.25, 0.3) is 5.91 Å². The van der Waals surface area contributed by atoms with E-state index in [0.717, 1.165) is 11.3 Å². The minimum Gasteiger partial charge on any atom is -0.497 e. The lowest BCUT2D eigenvalue weighted by Crippen LogP contribution is -2.35. The normalized spacial score (nSPS) is 11.4. The van der Waals surface area contributed by atoms with E-state index in [1.807, 2.05) is 42.5 Å². The van der Waals surface area contributed by atoms with Gasteiger partial charge in [-0.25, -0.2) is 4.79 Å². The second kappa shape index (κ2) is 10.2. The van der Waals surface area contributed by atoms with Gasteiger partial charge in [0.15, 0.2) is 6.10 Å². The molecule has 3 rings (SSSR count). The van der Waals surface area contributed by atoms with E-state index >= 15 is 0 Å². The molecule has 0 unspecified atom stereocenters. The van der Waals surface area contributed by atoms with E-state index in [0.29, 0.717) is 18.1 Å². The van der Waals surface area contributed by atoms with Gasteiger partial charge in [-0.1, -0.05) is 30.3 Å². The van der Waals surface area contributed by atoms with E-state index in [1.165, 1.54) is 13.0 Å². The molecule has 1 aromatic heterocycles. The van der Waals surface area contributed by atoms with Crippen molar-refractivity contribution >= 4 is 11.9 Å². The monoisotopic (exact) mass is 409 g/mol. The Morgan fingerprint density at radius 2 is 1.70 bits per heavy atom. The van der Waals surface area contributed by atoms with Gasteiger partial charge in [0.05, 0.1) is 7.11 Å². The molecular weight excluding hydrogens is 386 g/mol. The maximum Gasteiger partial charge on any atom is 0.375 e. The first-order valence-corrected chi connectivity index (χ1v) is 9.43. The molecule has 0 bridgehead atoms. The molecule has 0 saturated carbocycles. The van der Waals surface area contributed by atoms with Crippen molar-refractivity contribution in [2.75, 3.05) is 7.11 Å². The molecule has 30 heavy (non-hydrogen) atoms. The topological polar surface area (TPSA) is 87.0 Å². The van der Waals surface area contributed by atoms with E-state index < -0.39 is 18.0 Å². The van der Waals surface area contributed by atoms with Crippen LogP contribution in [-0.4, -0.2) is 25.1 Å². The van der Waals surface area contributed by atoms with Crippen LogP contribution in [0.2, 0.25) is 0 Å². The van der Waals surface area contributed by atoms with E-state index in [-0.39, 0.29) is 12.4 Å². The largest absolute Gasteiger partial charge is 0.497 e. The van der Waals surface area contributed by atoms with Crippen molar-refractivity contribution in [3.8, 4) is 11.5 Å². The molecule has 1 N–H and O–H groups in total. The minimum absolute atomic E-state index is 0.0106. The average Bonchev–Trinajstić information content (AvgIpc) is 3.26. The second-order valence-corrected chi connectivity index (χ2v) is 6.48. The Bertz CT molecular complexity index is 965. The zero-order valence-electron chi connectivity index (χ0n) is 16.8. The first-order chi connectivity index (χ1) is 14.5. The number of esters is 1. The van der Waals surface area contributed by atoms with Gasteiger partial charge in [-0.3, -0.25) is 4.79 Å². The summed E-state index contributed by atoms with van der Waals surface area (Å²) in [5.41, 5.74) is 0.900. The SMILES string of the molecule is COc1ccc(CNC(=O)[C@H](C)OC(=O)c2ccc(COc3ccccc3)o2)cc1. The van der Waals surface area contributed by atoms with Crippen LogP contribution in [0.5, 0.6) is 11.5 Å². The molecule has 7 nitrogen and oxygen atoms in total. The molecule has 1 amide bonds. The number of nitrogens with one attached hydrogen (secondary N) is 1. The van der Waals surface area contributed by atoms with E-state index in [9.17, 15) is 9.59 Å². The molecule has 1 atom stereocenters. The highest BCUT2D eigenvalue weighted by Gasteiger charge is 2.21. The highest BCUT2D eigenvalue weighted by Crippen LogP contribution is 2.15. The summed E-state index contributed by atoms with van der Waals surface area (Å²) in [4.78, 5) is 24.4. The molecule has 0 aliphatic rings. The highest BCUT2D eigenvalue weighted by molar-refractivity contribution is 5.90. The number of benzene rings is 2. The van der Waals surface area contributed by atoms with Gasteiger partial charge in [-0.2, -0.15) is 0 Å². The number of ether oxygens (including phenoxy) is 3. The van der Waals surface area contributed by atoms with E-state index in [4.69, 9.17) is 18.6 Å². The summed E-state index contributed by atoms with van der Waals surface area (Å²) in [6, 6.07) is 19.7. The number of hydrogen-bond acceptors (Lipinski definition) is 6. The molecule has 1 heterocycles. The molecule has 0 fully saturated rings. The van der Waals surface area contributed by atoms with Crippen LogP contribution in [0.3, 0.4) is 0 Å². The summed E-state index contributed by atoms with van der Waals surface area (Å²) in [6.45, 7) is 1.99. The summed E-state index contributed by atoms with van der Waals surface area (Å²) in [6.07, 6.45) is -0.968. The smallest absolute Gasteiger partial charge is 0.375 e. The van der Waals surface area contributed by atoms with Crippen LogP contribution in [0.4, 0.5) is 0 Å². The standard InChI is InChI=1S/C23H23NO6/c1-16(22(25)24-14-17-8-10-18(27-2)11-9-17)29-23(26)21-13-12-20(30-21)15-28-19-6-4-3-5-7-19/h3-13,16H,14-15H2,1-2H3,(H,24,25)/t16-/m0/s1. The van der Waals surface area contributed by atoms with Gasteiger partial charge in [-0.05, 0) is 48.9 Å². The van der Waals surface area contributed by atoms with Crippen LogP contribution in [-0.2, 0) is 22.7 Å². The minimum atomic E-state index is -0.968. The molecular formula is C23H23NO6. The van der Waals surface area contributed by atoms with Crippen molar-refractivity contribution in [3.63, 3.8) is 0 Å². The van der Waals surface area contributed by atoms with Gasteiger partial charge < -0.3 is 23.9 Å². The third kappa shape index (κ3) is 5.88. The fourth-order valence-corrected chi connectivity index (χ4v) is 2.58. The lowest BCUT2D eigenvalue weighted by atomic mass is 10.2. The van der Waals surface area contributed by atoms with Crippen molar-refractivity contribution in [1.82, 2.24) is 5.32 Å². The number of amides is 1. The summed E-state index contributed by atoms with van der Waals surface area (Å²) >= 11 is 0. The molecule has 3 aromatic rings.